The Kier molecular flexibility index (Phi) is 3.41. The van der Waals surface area contributed by atoms with Crippen LogP contribution in [0, 0.1) is 5.92 Å². The van der Waals surface area contributed by atoms with Crippen LogP contribution in [0.2, 0.25) is 0 Å². The van der Waals surface area contributed by atoms with Crippen molar-refractivity contribution in [1.29, 1.82) is 0 Å². The van der Waals surface area contributed by atoms with Gasteiger partial charge in [-0.3, -0.25) is 0 Å². The highest BCUT2D eigenvalue weighted by molar-refractivity contribution is 5.83. The molecule has 2 nitrogen and oxygen atoms in total. The summed E-state index contributed by atoms with van der Waals surface area (Å²) < 4.78 is 2.36. The number of hydrogen-bond acceptors (Lipinski definition) is 1. The summed E-state index contributed by atoms with van der Waals surface area (Å²) >= 11 is 0. The lowest BCUT2D eigenvalue weighted by atomic mass is 10.1. The van der Waals surface area contributed by atoms with E-state index in [0.29, 0.717) is 0 Å². The van der Waals surface area contributed by atoms with E-state index in [1.165, 1.54) is 23.0 Å². The summed E-state index contributed by atoms with van der Waals surface area (Å²) in [5, 5.41) is 1.33. The van der Waals surface area contributed by atoms with Gasteiger partial charge in [-0.2, -0.15) is 0 Å². The summed E-state index contributed by atoms with van der Waals surface area (Å²) in [6.07, 6.45) is 3.44. The summed E-state index contributed by atoms with van der Waals surface area (Å²) in [4.78, 5) is 2.14. The molecule has 0 amide bonds. The Balaban J connectivity index is 2.28. The van der Waals surface area contributed by atoms with Crippen LogP contribution in [0.1, 0.15) is 20.3 Å². The zero-order valence-electron chi connectivity index (χ0n) is 11.3. The molecule has 0 spiro atoms. The molecule has 0 N–H and O–H groups in total. The van der Waals surface area contributed by atoms with Crippen molar-refractivity contribution in [3.8, 4) is 0 Å². The van der Waals surface area contributed by atoms with Gasteiger partial charge in [0, 0.05) is 43.4 Å². The molecule has 2 rings (SSSR count). The summed E-state index contributed by atoms with van der Waals surface area (Å²) in [7, 11) is 4.16. The lowest BCUT2D eigenvalue weighted by Gasteiger charge is -2.13. The predicted octanol–water partition coefficient (Wildman–Crippen LogP) is 3.75. The average molecular weight is 230 g/mol. The Morgan fingerprint density at radius 3 is 2.59 bits per heavy atom. The van der Waals surface area contributed by atoms with E-state index in [0.717, 1.165) is 12.5 Å². The van der Waals surface area contributed by atoms with E-state index in [-0.39, 0.29) is 0 Å². The largest absolute Gasteiger partial charge is 0.378 e. The SMILES string of the molecule is CC(C)CCn1ccc2cc(N(C)C)ccc21. The topological polar surface area (TPSA) is 8.17 Å². The third-order valence-corrected chi connectivity index (χ3v) is 3.22. The fourth-order valence-corrected chi connectivity index (χ4v) is 2.06. The van der Waals surface area contributed by atoms with E-state index < -0.39 is 0 Å². The maximum absolute atomic E-state index is 2.36. The number of hydrogen-bond donors (Lipinski definition) is 0. The van der Waals surface area contributed by atoms with Gasteiger partial charge in [0.2, 0.25) is 0 Å². The molecule has 1 heterocycles. The lowest BCUT2D eigenvalue weighted by Crippen LogP contribution is -2.08. The van der Waals surface area contributed by atoms with E-state index in [9.17, 15) is 0 Å². The molecule has 1 aromatic carbocycles. The molecule has 0 atom stereocenters. The summed E-state index contributed by atoms with van der Waals surface area (Å²) in [5.74, 6) is 0.758. The van der Waals surface area contributed by atoms with Gasteiger partial charge in [-0.05, 0) is 36.6 Å². The molecule has 2 heteroatoms. The molecule has 0 unspecified atom stereocenters. The molecule has 92 valence electrons. The molecule has 0 fully saturated rings. The second-order valence-electron chi connectivity index (χ2n) is 5.33. The molecule has 2 aromatic rings. The smallest absolute Gasteiger partial charge is 0.0481 e. The highest BCUT2D eigenvalue weighted by atomic mass is 15.1. The maximum atomic E-state index is 2.36. The number of aromatic nitrogens is 1. The van der Waals surface area contributed by atoms with Gasteiger partial charge in [0.25, 0.3) is 0 Å². The first-order valence-electron chi connectivity index (χ1n) is 6.34. The molecule has 0 saturated carbocycles. The van der Waals surface area contributed by atoms with Gasteiger partial charge in [0.15, 0.2) is 0 Å². The Bertz CT molecular complexity index is 495. The van der Waals surface area contributed by atoms with Crippen LogP contribution in [0.4, 0.5) is 5.69 Å². The molecule has 0 aliphatic heterocycles. The van der Waals surface area contributed by atoms with Gasteiger partial charge in [0.05, 0.1) is 0 Å². The van der Waals surface area contributed by atoms with Crippen molar-refractivity contribution in [3.05, 3.63) is 30.5 Å². The number of nitrogens with zero attached hydrogens (tertiary/aromatic N) is 2. The number of rotatable bonds is 4. The summed E-state index contributed by atoms with van der Waals surface area (Å²) in [6.45, 7) is 5.66. The van der Waals surface area contributed by atoms with E-state index in [1.54, 1.807) is 0 Å². The summed E-state index contributed by atoms with van der Waals surface area (Å²) in [6, 6.07) is 8.88. The first-order valence-corrected chi connectivity index (χ1v) is 6.34. The monoisotopic (exact) mass is 230 g/mol. The van der Waals surface area contributed by atoms with Crippen LogP contribution in [-0.2, 0) is 6.54 Å². The van der Waals surface area contributed by atoms with E-state index >= 15 is 0 Å². The molecule has 0 aliphatic rings. The van der Waals surface area contributed by atoms with Crippen LogP contribution < -0.4 is 4.90 Å². The van der Waals surface area contributed by atoms with Crippen LogP contribution >= 0.6 is 0 Å². The standard InChI is InChI=1S/C15H22N2/c1-12(2)7-9-17-10-8-13-11-14(16(3)4)5-6-15(13)17/h5-6,8,10-12H,7,9H2,1-4H3. The lowest BCUT2D eigenvalue weighted by molar-refractivity contribution is 0.524. The van der Waals surface area contributed by atoms with Crippen molar-refractivity contribution >= 4 is 16.6 Å². The minimum atomic E-state index is 0.758. The summed E-state index contributed by atoms with van der Waals surface area (Å²) in [5.41, 5.74) is 2.61. The third kappa shape index (κ3) is 2.63. The molecule has 1 aromatic heterocycles. The van der Waals surface area contributed by atoms with Crippen LogP contribution in [0.15, 0.2) is 30.5 Å². The Morgan fingerprint density at radius 1 is 1.18 bits per heavy atom. The van der Waals surface area contributed by atoms with E-state index in [2.05, 4.69) is 67.9 Å². The molecule has 0 bridgehead atoms. The van der Waals surface area contributed by atoms with Gasteiger partial charge in [-0.25, -0.2) is 0 Å². The molecule has 17 heavy (non-hydrogen) atoms. The molecule has 0 radical (unpaired) electrons. The minimum Gasteiger partial charge on any atom is -0.378 e. The minimum absolute atomic E-state index is 0.758. The predicted molar refractivity (Wildman–Crippen MR) is 75.7 cm³/mol. The Labute approximate surface area is 104 Å². The number of anilines is 1. The highest BCUT2D eigenvalue weighted by Gasteiger charge is 2.04. The fourth-order valence-electron chi connectivity index (χ4n) is 2.06. The van der Waals surface area contributed by atoms with Crippen molar-refractivity contribution in [2.24, 2.45) is 5.92 Å². The quantitative estimate of drug-likeness (QED) is 0.776. The number of benzene rings is 1. The van der Waals surface area contributed by atoms with Crippen LogP contribution in [0.3, 0.4) is 0 Å². The zero-order chi connectivity index (χ0) is 12.4. The number of fused-ring (bicyclic) bond motifs is 1. The van der Waals surface area contributed by atoms with Gasteiger partial charge < -0.3 is 9.47 Å². The second-order valence-corrected chi connectivity index (χ2v) is 5.33. The van der Waals surface area contributed by atoms with Gasteiger partial charge in [-0.15, -0.1) is 0 Å². The zero-order valence-corrected chi connectivity index (χ0v) is 11.3. The van der Waals surface area contributed by atoms with Crippen molar-refractivity contribution in [2.75, 3.05) is 19.0 Å². The third-order valence-electron chi connectivity index (χ3n) is 3.22. The maximum Gasteiger partial charge on any atom is 0.0481 e. The van der Waals surface area contributed by atoms with E-state index in [1.807, 2.05) is 0 Å². The second kappa shape index (κ2) is 4.82. The van der Waals surface area contributed by atoms with Crippen LogP contribution in [-0.4, -0.2) is 18.7 Å². The first-order chi connectivity index (χ1) is 8.08. The van der Waals surface area contributed by atoms with Crippen molar-refractivity contribution in [2.45, 2.75) is 26.8 Å². The molecule has 0 saturated heterocycles. The van der Waals surface area contributed by atoms with Crippen molar-refractivity contribution in [1.82, 2.24) is 4.57 Å². The van der Waals surface area contributed by atoms with E-state index in [4.69, 9.17) is 0 Å². The van der Waals surface area contributed by atoms with Gasteiger partial charge in [-0.1, -0.05) is 13.8 Å². The fraction of sp³-hybridized carbons (Fsp3) is 0.467. The first kappa shape index (κ1) is 12.0. The normalized spacial score (nSPS) is 11.4. The molecular formula is C15H22N2. The van der Waals surface area contributed by atoms with Gasteiger partial charge in [0.1, 0.15) is 0 Å². The van der Waals surface area contributed by atoms with Crippen molar-refractivity contribution in [3.63, 3.8) is 0 Å². The van der Waals surface area contributed by atoms with Gasteiger partial charge >= 0.3 is 0 Å². The average Bonchev–Trinajstić information content (AvgIpc) is 2.68. The Hall–Kier alpha value is -1.44. The highest BCUT2D eigenvalue weighted by Crippen LogP contribution is 2.22. The molecule has 0 aliphatic carbocycles. The van der Waals surface area contributed by atoms with Crippen LogP contribution in [0.25, 0.3) is 10.9 Å². The molecular weight excluding hydrogens is 208 g/mol. The van der Waals surface area contributed by atoms with Crippen molar-refractivity contribution < 1.29 is 0 Å². The Morgan fingerprint density at radius 2 is 1.94 bits per heavy atom. The van der Waals surface area contributed by atoms with Crippen LogP contribution in [0.5, 0.6) is 0 Å². The number of aryl methyl sites for hydroxylation is 1.